The van der Waals surface area contributed by atoms with E-state index in [0.29, 0.717) is 0 Å². The summed E-state index contributed by atoms with van der Waals surface area (Å²) in [5.74, 6) is -0.815. The van der Waals surface area contributed by atoms with Crippen molar-refractivity contribution in [3.05, 3.63) is 46.6 Å². The minimum absolute atomic E-state index is 0.407. The maximum atomic E-state index is 11.7. The second kappa shape index (κ2) is 14.0. The van der Waals surface area contributed by atoms with Crippen LogP contribution in [-0.2, 0) is 15.0 Å². The number of carbonyl (C=O) groups excluding carboxylic acids is 2. The standard InChI is InChI=1S/2C10H16O2.Pb/c2*1-8(2)5-4-6-9(3)7-10(11)12;/h2*5,7H,4,6H2,1-3H3,(H,11,12);/q;;+2/p-2/b2*9-7+;. The number of hydrogen-bond donors (Lipinski definition) is 0. The number of hydrogen-bond acceptors (Lipinski definition) is 4. The van der Waals surface area contributed by atoms with E-state index in [9.17, 15) is 9.59 Å². The molecule has 0 amide bonds. The summed E-state index contributed by atoms with van der Waals surface area (Å²) in [6.07, 6.45) is 10.7. The number of rotatable bonds is 10. The topological polar surface area (TPSA) is 52.6 Å². The third-order valence-electron chi connectivity index (χ3n) is 3.20. The van der Waals surface area contributed by atoms with Gasteiger partial charge in [0.05, 0.1) is 0 Å². The summed E-state index contributed by atoms with van der Waals surface area (Å²) in [5, 5.41) is 0. The summed E-state index contributed by atoms with van der Waals surface area (Å²) < 4.78 is 10.2. The third kappa shape index (κ3) is 16.1. The molecule has 0 atom stereocenters. The van der Waals surface area contributed by atoms with Gasteiger partial charge in [0.25, 0.3) is 0 Å². The molecule has 0 rings (SSSR count). The molecule has 0 aromatic carbocycles. The fraction of sp³-hybridized carbons (Fsp3) is 0.500. The zero-order chi connectivity index (χ0) is 19.2. The maximum absolute atomic E-state index is 11.7. The van der Waals surface area contributed by atoms with Gasteiger partial charge in [-0.15, -0.1) is 0 Å². The van der Waals surface area contributed by atoms with Gasteiger partial charge in [0.2, 0.25) is 0 Å². The van der Waals surface area contributed by atoms with Crippen LogP contribution in [0.2, 0.25) is 0 Å². The van der Waals surface area contributed by atoms with Crippen molar-refractivity contribution in [2.75, 3.05) is 0 Å². The van der Waals surface area contributed by atoms with Crippen molar-refractivity contribution in [2.24, 2.45) is 0 Å². The molecule has 0 saturated carbocycles. The summed E-state index contributed by atoms with van der Waals surface area (Å²) in [6, 6.07) is 0. The van der Waals surface area contributed by atoms with E-state index in [0.717, 1.165) is 36.8 Å². The van der Waals surface area contributed by atoms with Gasteiger partial charge in [0.15, 0.2) is 0 Å². The molecule has 25 heavy (non-hydrogen) atoms. The van der Waals surface area contributed by atoms with Gasteiger partial charge in [0, 0.05) is 0 Å². The Bertz CT molecular complexity index is 510. The number of allylic oxidation sites excluding steroid dienone is 6. The molecule has 4 nitrogen and oxygen atoms in total. The Balaban J connectivity index is 4.12. The van der Waals surface area contributed by atoms with Gasteiger partial charge < -0.3 is 0 Å². The second-order valence-electron chi connectivity index (χ2n) is 6.55. The van der Waals surface area contributed by atoms with Crippen molar-refractivity contribution < 1.29 is 15.0 Å². The summed E-state index contributed by atoms with van der Waals surface area (Å²) >= 11 is -2.16. The van der Waals surface area contributed by atoms with Gasteiger partial charge in [-0.05, 0) is 0 Å². The quantitative estimate of drug-likeness (QED) is 0.222. The van der Waals surface area contributed by atoms with Crippen molar-refractivity contribution in [1.29, 1.82) is 0 Å². The van der Waals surface area contributed by atoms with E-state index >= 15 is 0 Å². The molecule has 0 aliphatic rings. The Morgan fingerprint density at radius 2 is 1.08 bits per heavy atom. The molecule has 0 bridgehead atoms. The van der Waals surface area contributed by atoms with Crippen LogP contribution in [0.15, 0.2) is 46.6 Å². The zero-order valence-corrected chi connectivity index (χ0v) is 20.2. The molecule has 0 N–H and O–H groups in total. The SMILES string of the molecule is CC(C)=CCC/C(C)=C/C(=O)[O][Pb][O]C(=O)/C=C(\C)CCC=C(C)C. The Morgan fingerprint density at radius 3 is 1.40 bits per heavy atom. The first-order valence-corrected chi connectivity index (χ1v) is 11.7. The average molecular weight is 542 g/mol. The Hall–Kier alpha value is -1.18. The zero-order valence-electron chi connectivity index (χ0n) is 16.3. The van der Waals surface area contributed by atoms with Gasteiger partial charge in [0.1, 0.15) is 0 Å². The monoisotopic (exact) mass is 542 g/mol. The van der Waals surface area contributed by atoms with E-state index in [1.807, 2.05) is 41.5 Å². The Morgan fingerprint density at radius 1 is 0.720 bits per heavy atom. The van der Waals surface area contributed by atoms with E-state index in [2.05, 4.69) is 12.2 Å². The van der Waals surface area contributed by atoms with Gasteiger partial charge in [-0.3, -0.25) is 0 Å². The van der Waals surface area contributed by atoms with Crippen molar-refractivity contribution in [3.8, 4) is 0 Å². The predicted octanol–water partition coefficient (Wildman–Crippen LogP) is 4.99. The van der Waals surface area contributed by atoms with Gasteiger partial charge in [-0.25, -0.2) is 0 Å². The van der Waals surface area contributed by atoms with E-state index < -0.39 is 37.1 Å². The van der Waals surface area contributed by atoms with Crippen LogP contribution in [0, 0.1) is 0 Å². The second-order valence-corrected chi connectivity index (χ2v) is 8.78. The van der Waals surface area contributed by atoms with Gasteiger partial charge in [-0.2, -0.15) is 0 Å². The molecule has 138 valence electrons. The van der Waals surface area contributed by atoms with Crippen LogP contribution in [0.3, 0.4) is 0 Å². The minimum atomic E-state index is -2.16. The summed E-state index contributed by atoms with van der Waals surface area (Å²) in [5.41, 5.74) is 4.46. The van der Waals surface area contributed by atoms with Crippen LogP contribution in [0.5, 0.6) is 0 Å². The fourth-order valence-corrected chi connectivity index (χ4v) is 3.14. The molecule has 0 unspecified atom stereocenters. The van der Waals surface area contributed by atoms with Crippen LogP contribution in [0.1, 0.15) is 67.2 Å². The van der Waals surface area contributed by atoms with E-state index in [1.165, 1.54) is 23.3 Å². The summed E-state index contributed by atoms with van der Waals surface area (Å²) in [4.78, 5) is 23.4. The van der Waals surface area contributed by atoms with Crippen molar-refractivity contribution in [2.45, 2.75) is 67.2 Å². The molecular formula is C20H30O4Pb. The molecule has 0 saturated heterocycles. The molecular weight excluding hydrogens is 511 g/mol. The first-order chi connectivity index (χ1) is 11.7. The summed E-state index contributed by atoms with van der Waals surface area (Å²) in [6.45, 7) is 12.0. The van der Waals surface area contributed by atoms with E-state index in [-0.39, 0.29) is 0 Å². The van der Waals surface area contributed by atoms with Crippen LogP contribution < -0.4 is 0 Å². The first kappa shape index (κ1) is 23.8. The van der Waals surface area contributed by atoms with Crippen LogP contribution >= 0.6 is 0 Å². The van der Waals surface area contributed by atoms with Gasteiger partial charge >= 0.3 is 166 Å². The first-order valence-electron chi connectivity index (χ1n) is 8.48. The number of carbonyl (C=O) groups is 2. The Labute approximate surface area is 165 Å². The van der Waals surface area contributed by atoms with Crippen molar-refractivity contribution in [1.82, 2.24) is 0 Å². The Kier molecular flexibility index (Phi) is 13.4. The fourth-order valence-electron chi connectivity index (χ4n) is 1.89. The normalized spacial score (nSPS) is 11.6. The van der Waals surface area contributed by atoms with Crippen LogP contribution in [0.4, 0.5) is 0 Å². The molecule has 0 fully saturated rings. The van der Waals surface area contributed by atoms with Crippen LogP contribution in [-0.4, -0.2) is 37.1 Å². The summed E-state index contributed by atoms with van der Waals surface area (Å²) in [7, 11) is 0. The molecule has 0 heterocycles. The van der Waals surface area contributed by atoms with E-state index in [1.54, 1.807) is 0 Å². The molecule has 0 aromatic heterocycles. The molecule has 5 heteroatoms. The molecule has 0 aliphatic carbocycles. The predicted molar refractivity (Wildman–Crippen MR) is 103 cm³/mol. The third-order valence-corrected chi connectivity index (χ3v) is 5.41. The van der Waals surface area contributed by atoms with Crippen molar-refractivity contribution >= 4 is 37.1 Å². The molecule has 0 aromatic rings. The van der Waals surface area contributed by atoms with E-state index in [4.69, 9.17) is 5.37 Å². The molecule has 2 radical (unpaired) electrons. The average Bonchev–Trinajstić information content (AvgIpc) is 2.45. The van der Waals surface area contributed by atoms with Crippen molar-refractivity contribution in [3.63, 3.8) is 0 Å². The molecule has 0 spiro atoms. The molecule has 0 aliphatic heterocycles. The van der Waals surface area contributed by atoms with Gasteiger partial charge in [-0.1, -0.05) is 0 Å². The van der Waals surface area contributed by atoms with Crippen LogP contribution in [0.25, 0.3) is 0 Å².